The van der Waals surface area contributed by atoms with E-state index in [1.54, 1.807) is 6.07 Å². The predicted molar refractivity (Wildman–Crippen MR) is 67.3 cm³/mol. The number of nitrogens with zero attached hydrogens (tertiary/aromatic N) is 2. The summed E-state index contributed by atoms with van der Waals surface area (Å²) in [7, 11) is 0. The van der Waals surface area contributed by atoms with Crippen molar-refractivity contribution in [2.24, 2.45) is 0 Å². The van der Waals surface area contributed by atoms with Crippen molar-refractivity contribution in [2.75, 3.05) is 13.1 Å². The Morgan fingerprint density at radius 3 is 2.48 bits per heavy atom. The Labute approximate surface area is 119 Å². The summed E-state index contributed by atoms with van der Waals surface area (Å²) in [6, 6.07) is 7.88. The molecule has 0 atom stereocenters. The summed E-state index contributed by atoms with van der Waals surface area (Å²) in [5, 5.41) is 18.3. The molecule has 0 bridgehead atoms. The summed E-state index contributed by atoms with van der Waals surface area (Å²) in [6.07, 6.45) is -5.77. The first-order valence-electron chi connectivity index (χ1n) is 6.35. The van der Waals surface area contributed by atoms with E-state index in [4.69, 9.17) is 5.26 Å². The zero-order valence-corrected chi connectivity index (χ0v) is 11.0. The van der Waals surface area contributed by atoms with Crippen LogP contribution in [0.3, 0.4) is 0 Å². The van der Waals surface area contributed by atoms with Crippen LogP contribution in [-0.2, 0) is 0 Å². The second-order valence-corrected chi connectivity index (χ2v) is 5.01. The monoisotopic (exact) mass is 298 g/mol. The maximum absolute atomic E-state index is 12.7. The van der Waals surface area contributed by atoms with Gasteiger partial charge >= 0.3 is 6.18 Å². The number of carbonyl (C=O) groups is 1. The number of piperidine rings is 1. The first-order valence-corrected chi connectivity index (χ1v) is 6.35. The van der Waals surface area contributed by atoms with Crippen molar-refractivity contribution in [2.45, 2.75) is 24.6 Å². The van der Waals surface area contributed by atoms with Gasteiger partial charge in [-0.2, -0.15) is 18.4 Å². The SMILES string of the molecule is N#Cc1cccc(C(=O)N2CCC(O)(C(F)(F)F)CC2)c1. The number of rotatable bonds is 1. The van der Waals surface area contributed by atoms with E-state index >= 15 is 0 Å². The summed E-state index contributed by atoms with van der Waals surface area (Å²) >= 11 is 0. The van der Waals surface area contributed by atoms with E-state index in [9.17, 15) is 23.1 Å². The maximum Gasteiger partial charge on any atom is 0.417 e. The minimum absolute atomic E-state index is 0.175. The van der Waals surface area contributed by atoms with E-state index in [1.807, 2.05) is 6.07 Å². The molecule has 1 amide bonds. The van der Waals surface area contributed by atoms with Crippen LogP contribution in [0.15, 0.2) is 24.3 Å². The summed E-state index contributed by atoms with van der Waals surface area (Å²) < 4.78 is 38.1. The molecule has 0 radical (unpaired) electrons. The van der Waals surface area contributed by atoms with Gasteiger partial charge in [0.05, 0.1) is 11.6 Å². The average Bonchev–Trinajstić information content (AvgIpc) is 2.46. The fourth-order valence-electron chi connectivity index (χ4n) is 2.27. The Kier molecular flexibility index (Phi) is 3.92. The summed E-state index contributed by atoms with van der Waals surface area (Å²) in [6.45, 7) is -0.350. The summed E-state index contributed by atoms with van der Waals surface area (Å²) in [5.74, 6) is -0.434. The van der Waals surface area contributed by atoms with Crippen molar-refractivity contribution < 1.29 is 23.1 Å². The van der Waals surface area contributed by atoms with Crippen LogP contribution in [0.25, 0.3) is 0 Å². The number of nitriles is 1. The van der Waals surface area contributed by atoms with Gasteiger partial charge in [0.2, 0.25) is 0 Å². The molecule has 1 aliphatic heterocycles. The van der Waals surface area contributed by atoms with Gasteiger partial charge in [0.25, 0.3) is 5.91 Å². The van der Waals surface area contributed by atoms with E-state index in [0.29, 0.717) is 5.56 Å². The summed E-state index contributed by atoms with van der Waals surface area (Å²) in [5.41, 5.74) is -2.16. The van der Waals surface area contributed by atoms with Crippen LogP contribution in [0, 0.1) is 11.3 Å². The topological polar surface area (TPSA) is 64.3 Å². The highest BCUT2D eigenvalue weighted by Crippen LogP contribution is 2.38. The van der Waals surface area contributed by atoms with Crippen molar-refractivity contribution in [1.29, 1.82) is 5.26 Å². The average molecular weight is 298 g/mol. The van der Waals surface area contributed by atoms with E-state index in [1.165, 1.54) is 23.1 Å². The normalized spacial score (nSPS) is 18.1. The molecule has 1 aromatic carbocycles. The minimum atomic E-state index is -4.69. The van der Waals surface area contributed by atoms with E-state index < -0.39 is 30.5 Å². The molecule has 2 rings (SSSR count). The Hall–Kier alpha value is -2.07. The van der Waals surface area contributed by atoms with Crippen LogP contribution in [0.2, 0.25) is 0 Å². The van der Waals surface area contributed by atoms with Gasteiger partial charge in [-0.25, -0.2) is 0 Å². The molecule has 1 heterocycles. The number of likely N-dealkylation sites (tertiary alicyclic amines) is 1. The number of alkyl halides is 3. The van der Waals surface area contributed by atoms with Gasteiger partial charge in [0.1, 0.15) is 0 Å². The minimum Gasteiger partial charge on any atom is -0.380 e. The third-order valence-electron chi connectivity index (χ3n) is 3.64. The maximum atomic E-state index is 12.7. The zero-order chi connectivity index (χ0) is 15.7. The molecule has 0 aliphatic carbocycles. The van der Waals surface area contributed by atoms with Crippen molar-refractivity contribution in [1.82, 2.24) is 4.90 Å². The quantitative estimate of drug-likeness (QED) is 0.863. The van der Waals surface area contributed by atoms with Gasteiger partial charge in [-0.15, -0.1) is 0 Å². The van der Waals surface area contributed by atoms with E-state index in [0.717, 1.165) is 0 Å². The molecular weight excluding hydrogens is 285 g/mol. The second-order valence-electron chi connectivity index (χ2n) is 5.01. The first-order chi connectivity index (χ1) is 9.77. The number of aliphatic hydroxyl groups is 1. The molecule has 0 spiro atoms. The van der Waals surface area contributed by atoms with Crippen LogP contribution in [0.1, 0.15) is 28.8 Å². The fraction of sp³-hybridized carbons (Fsp3) is 0.429. The van der Waals surface area contributed by atoms with Gasteiger partial charge in [-0.3, -0.25) is 4.79 Å². The Morgan fingerprint density at radius 1 is 1.33 bits per heavy atom. The lowest BCUT2D eigenvalue weighted by Crippen LogP contribution is -2.54. The van der Waals surface area contributed by atoms with Crippen LogP contribution in [0.4, 0.5) is 13.2 Å². The third-order valence-corrected chi connectivity index (χ3v) is 3.64. The number of halogens is 3. The van der Waals surface area contributed by atoms with Crippen LogP contribution in [-0.4, -0.2) is 40.8 Å². The van der Waals surface area contributed by atoms with Gasteiger partial charge < -0.3 is 10.0 Å². The van der Waals surface area contributed by atoms with E-state index in [2.05, 4.69) is 0 Å². The molecule has 21 heavy (non-hydrogen) atoms. The number of amides is 1. The fourth-order valence-corrected chi connectivity index (χ4v) is 2.27. The smallest absolute Gasteiger partial charge is 0.380 e. The van der Waals surface area contributed by atoms with E-state index in [-0.39, 0.29) is 18.7 Å². The molecule has 7 heteroatoms. The Morgan fingerprint density at radius 2 is 1.95 bits per heavy atom. The highest BCUT2D eigenvalue weighted by Gasteiger charge is 2.54. The molecule has 112 valence electrons. The molecule has 0 unspecified atom stereocenters. The summed E-state index contributed by atoms with van der Waals surface area (Å²) in [4.78, 5) is 13.4. The number of hydrogen-bond donors (Lipinski definition) is 1. The van der Waals surface area contributed by atoms with Crippen molar-refractivity contribution >= 4 is 5.91 Å². The molecule has 1 fully saturated rings. The van der Waals surface area contributed by atoms with Crippen molar-refractivity contribution in [3.05, 3.63) is 35.4 Å². The van der Waals surface area contributed by atoms with Crippen molar-refractivity contribution in [3.63, 3.8) is 0 Å². The first kappa shape index (κ1) is 15.3. The lowest BCUT2D eigenvalue weighted by molar-refractivity contribution is -0.271. The molecule has 1 aliphatic rings. The zero-order valence-electron chi connectivity index (χ0n) is 11.0. The Bertz CT molecular complexity index is 585. The molecule has 0 saturated carbocycles. The number of hydrogen-bond acceptors (Lipinski definition) is 3. The third kappa shape index (κ3) is 3.00. The standard InChI is InChI=1S/C14H13F3N2O2/c15-14(16,17)13(21)4-6-19(7-5-13)12(20)11-3-1-2-10(8-11)9-18/h1-3,8,21H,4-7H2. The lowest BCUT2D eigenvalue weighted by Gasteiger charge is -2.39. The molecule has 1 aromatic rings. The molecule has 1 N–H and O–H groups in total. The molecular formula is C14H13F3N2O2. The number of benzene rings is 1. The van der Waals surface area contributed by atoms with Gasteiger partial charge in [0, 0.05) is 31.5 Å². The highest BCUT2D eigenvalue weighted by molar-refractivity contribution is 5.94. The Balaban J connectivity index is 2.09. The van der Waals surface area contributed by atoms with Gasteiger partial charge in [-0.05, 0) is 18.2 Å². The van der Waals surface area contributed by atoms with Crippen LogP contribution in [0.5, 0.6) is 0 Å². The lowest BCUT2D eigenvalue weighted by atomic mass is 9.90. The van der Waals surface area contributed by atoms with Crippen molar-refractivity contribution in [3.8, 4) is 6.07 Å². The second kappa shape index (κ2) is 5.37. The molecule has 1 saturated heterocycles. The van der Waals surface area contributed by atoms with Crippen LogP contribution >= 0.6 is 0 Å². The number of carbonyl (C=O) groups excluding carboxylic acids is 1. The van der Waals surface area contributed by atoms with Gasteiger partial charge in [-0.1, -0.05) is 6.07 Å². The highest BCUT2D eigenvalue weighted by atomic mass is 19.4. The molecule has 0 aromatic heterocycles. The van der Waals surface area contributed by atoms with Gasteiger partial charge in [0.15, 0.2) is 5.60 Å². The molecule has 4 nitrogen and oxygen atoms in total. The largest absolute Gasteiger partial charge is 0.417 e. The predicted octanol–water partition coefficient (Wildman–Crippen LogP) is 2.09. The van der Waals surface area contributed by atoms with Crippen LogP contribution < -0.4 is 0 Å².